The Bertz CT molecular complexity index is 1230. The smallest absolute Gasteiger partial charge is 0.241 e. The third-order valence-corrected chi connectivity index (χ3v) is 6.01. The summed E-state index contributed by atoms with van der Waals surface area (Å²) < 4.78 is 38.9. The quantitative estimate of drug-likeness (QED) is 0.352. The predicted molar refractivity (Wildman–Crippen MR) is 126 cm³/mol. The van der Waals surface area contributed by atoms with E-state index in [-0.39, 0.29) is 36.3 Å². The summed E-state index contributed by atoms with van der Waals surface area (Å²) in [6.45, 7) is 1.86. The van der Waals surface area contributed by atoms with E-state index in [0.717, 1.165) is 22.1 Å². The molecule has 0 radical (unpaired) electrons. The van der Waals surface area contributed by atoms with Crippen LogP contribution in [-0.4, -0.2) is 39.6 Å². The average molecular weight is 484 g/mol. The van der Waals surface area contributed by atoms with E-state index < -0.39 is 10.0 Å². The number of halogens is 2. The minimum absolute atomic E-state index is 0. The van der Waals surface area contributed by atoms with Crippen molar-refractivity contribution in [2.45, 2.75) is 4.90 Å². The summed E-state index contributed by atoms with van der Waals surface area (Å²) in [7, 11) is -3.60. The SMILES string of the molecule is Cl.Cl.O=S(=O)(NCCNCCOc1ccc2occc2c1)c1cccc2cnccc12. The van der Waals surface area contributed by atoms with Gasteiger partial charge in [0.15, 0.2) is 0 Å². The fourth-order valence-corrected chi connectivity index (χ4v) is 4.34. The van der Waals surface area contributed by atoms with Gasteiger partial charge in [-0.15, -0.1) is 24.8 Å². The van der Waals surface area contributed by atoms with Gasteiger partial charge in [0.05, 0.1) is 11.2 Å². The second-order valence-corrected chi connectivity index (χ2v) is 8.20. The zero-order valence-corrected chi connectivity index (χ0v) is 18.9. The van der Waals surface area contributed by atoms with Gasteiger partial charge in [-0.2, -0.15) is 0 Å². The van der Waals surface area contributed by atoms with Gasteiger partial charge < -0.3 is 14.5 Å². The topological polar surface area (TPSA) is 93.5 Å². The summed E-state index contributed by atoms with van der Waals surface area (Å²) in [5.74, 6) is 0.770. The Morgan fingerprint density at radius 2 is 1.84 bits per heavy atom. The van der Waals surface area contributed by atoms with Crippen LogP contribution in [0.4, 0.5) is 0 Å². The number of nitrogens with one attached hydrogen (secondary N) is 2. The van der Waals surface area contributed by atoms with Crippen molar-refractivity contribution in [1.82, 2.24) is 15.0 Å². The molecular weight excluding hydrogens is 461 g/mol. The van der Waals surface area contributed by atoms with Crippen LogP contribution in [0.1, 0.15) is 0 Å². The van der Waals surface area contributed by atoms with Crippen molar-refractivity contribution in [2.75, 3.05) is 26.2 Å². The van der Waals surface area contributed by atoms with E-state index in [4.69, 9.17) is 9.15 Å². The Kier molecular flexibility index (Phi) is 9.09. The third kappa shape index (κ3) is 6.09. The minimum Gasteiger partial charge on any atom is -0.492 e. The molecular formula is C21H23Cl2N3O4S. The third-order valence-electron chi connectivity index (χ3n) is 4.50. The van der Waals surface area contributed by atoms with E-state index >= 15 is 0 Å². The van der Waals surface area contributed by atoms with Crippen LogP contribution in [0.5, 0.6) is 5.75 Å². The lowest BCUT2D eigenvalue weighted by Crippen LogP contribution is -2.33. The van der Waals surface area contributed by atoms with Crippen LogP contribution in [0.15, 0.2) is 76.5 Å². The van der Waals surface area contributed by atoms with Gasteiger partial charge in [-0.3, -0.25) is 4.98 Å². The fourth-order valence-electron chi connectivity index (χ4n) is 3.08. The molecule has 0 aliphatic rings. The molecule has 0 aliphatic heterocycles. The van der Waals surface area contributed by atoms with Gasteiger partial charge in [0.2, 0.25) is 10.0 Å². The first kappa shape index (κ1) is 24.9. The van der Waals surface area contributed by atoms with Crippen LogP contribution in [0.25, 0.3) is 21.7 Å². The van der Waals surface area contributed by atoms with Gasteiger partial charge in [-0.05, 0) is 36.4 Å². The molecule has 0 saturated carbocycles. The van der Waals surface area contributed by atoms with Crippen LogP contribution in [-0.2, 0) is 10.0 Å². The first-order valence-electron chi connectivity index (χ1n) is 9.27. The number of ether oxygens (including phenoxy) is 1. The zero-order valence-electron chi connectivity index (χ0n) is 16.5. The highest BCUT2D eigenvalue weighted by Crippen LogP contribution is 2.22. The largest absolute Gasteiger partial charge is 0.492 e. The highest BCUT2D eigenvalue weighted by molar-refractivity contribution is 7.89. The maximum absolute atomic E-state index is 12.6. The van der Waals surface area contributed by atoms with Crippen LogP contribution in [0.2, 0.25) is 0 Å². The molecule has 31 heavy (non-hydrogen) atoms. The van der Waals surface area contributed by atoms with Gasteiger partial charge in [0, 0.05) is 48.2 Å². The van der Waals surface area contributed by atoms with E-state index in [9.17, 15) is 8.42 Å². The molecule has 7 nitrogen and oxygen atoms in total. The lowest BCUT2D eigenvalue weighted by atomic mass is 10.2. The van der Waals surface area contributed by atoms with E-state index in [2.05, 4.69) is 15.0 Å². The van der Waals surface area contributed by atoms with Crippen molar-refractivity contribution in [2.24, 2.45) is 0 Å². The molecule has 0 atom stereocenters. The lowest BCUT2D eigenvalue weighted by Gasteiger charge is -2.10. The fraction of sp³-hybridized carbons (Fsp3) is 0.190. The maximum atomic E-state index is 12.6. The number of fused-ring (bicyclic) bond motifs is 2. The number of furan rings is 1. The molecule has 0 bridgehead atoms. The number of benzene rings is 2. The Morgan fingerprint density at radius 1 is 0.968 bits per heavy atom. The minimum atomic E-state index is -3.60. The van der Waals surface area contributed by atoms with Crippen molar-refractivity contribution < 1.29 is 17.6 Å². The summed E-state index contributed by atoms with van der Waals surface area (Å²) >= 11 is 0. The van der Waals surface area contributed by atoms with Crippen molar-refractivity contribution in [3.05, 3.63) is 67.2 Å². The van der Waals surface area contributed by atoms with Gasteiger partial charge in [0.1, 0.15) is 17.9 Å². The maximum Gasteiger partial charge on any atom is 0.241 e. The van der Waals surface area contributed by atoms with Gasteiger partial charge in [-0.1, -0.05) is 12.1 Å². The molecule has 2 heterocycles. The summed E-state index contributed by atoms with van der Waals surface area (Å²) in [4.78, 5) is 4.29. The molecule has 2 aromatic heterocycles. The summed E-state index contributed by atoms with van der Waals surface area (Å²) in [6, 6.07) is 14.4. The van der Waals surface area contributed by atoms with Crippen LogP contribution in [0.3, 0.4) is 0 Å². The highest BCUT2D eigenvalue weighted by atomic mass is 35.5. The molecule has 0 amide bonds. The van der Waals surface area contributed by atoms with E-state index in [0.29, 0.717) is 25.1 Å². The van der Waals surface area contributed by atoms with Crippen LogP contribution >= 0.6 is 24.8 Å². The molecule has 4 rings (SSSR count). The Labute approximate surface area is 193 Å². The first-order valence-corrected chi connectivity index (χ1v) is 10.7. The molecule has 0 unspecified atom stereocenters. The lowest BCUT2D eigenvalue weighted by molar-refractivity contribution is 0.315. The molecule has 0 spiro atoms. The summed E-state index contributed by atoms with van der Waals surface area (Å²) in [6.07, 6.45) is 4.89. The second kappa shape index (κ2) is 11.3. The van der Waals surface area contributed by atoms with Crippen molar-refractivity contribution in [3.63, 3.8) is 0 Å². The molecule has 2 N–H and O–H groups in total. The van der Waals surface area contributed by atoms with E-state index in [1.165, 1.54) is 0 Å². The van der Waals surface area contributed by atoms with Gasteiger partial charge >= 0.3 is 0 Å². The predicted octanol–water partition coefficient (Wildman–Crippen LogP) is 3.77. The zero-order chi connectivity index (χ0) is 20.1. The molecule has 166 valence electrons. The van der Waals surface area contributed by atoms with Crippen LogP contribution < -0.4 is 14.8 Å². The number of hydrogen-bond acceptors (Lipinski definition) is 6. The van der Waals surface area contributed by atoms with Crippen LogP contribution in [0, 0.1) is 0 Å². The number of rotatable bonds is 9. The molecule has 0 saturated heterocycles. The highest BCUT2D eigenvalue weighted by Gasteiger charge is 2.16. The van der Waals surface area contributed by atoms with Crippen molar-refractivity contribution in [3.8, 4) is 5.75 Å². The number of aromatic nitrogens is 1. The van der Waals surface area contributed by atoms with Gasteiger partial charge in [-0.25, -0.2) is 13.1 Å². The average Bonchev–Trinajstić information content (AvgIpc) is 3.20. The molecule has 0 aliphatic carbocycles. The Hall–Kier alpha value is -2.36. The normalized spacial score (nSPS) is 11.1. The Balaban J connectivity index is 0.00000171. The number of pyridine rings is 1. The van der Waals surface area contributed by atoms with Gasteiger partial charge in [0.25, 0.3) is 0 Å². The number of hydrogen-bond donors (Lipinski definition) is 2. The molecule has 10 heteroatoms. The second-order valence-electron chi connectivity index (χ2n) is 6.47. The number of nitrogens with zero attached hydrogens (tertiary/aromatic N) is 1. The molecule has 2 aromatic carbocycles. The summed E-state index contributed by atoms with van der Waals surface area (Å²) in [5, 5.41) is 5.61. The first-order chi connectivity index (χ1) is 14.1. The Morgan fingerprint density at radius 3 is 2.71 bits per heavy atom. The summed E-state index contributed by atoms with van der Waals surface area (Å²) in [5.41, 5.74) is 0.824. The monoisotopic (exact) mass is 483 g/mol. The molecule has 4 aromatic rings. The van der Waals surface area contributed by atoms with Crippen molar-refractivity contribution in [1.29, 1.82) is 0 Å². The van der Waals surface area contributed by atoms with E-state index in [1.807, 2.05) is 30.3 Å². The van der Waals surface area contributed by atoms with E-state index in [1.54, 1.807) is 36.9 Å². The number of sulfonamides is 1. The van der Waals surface area contributed by atoms with Crippen molar-refractivity contribution >= 4 is 56.6 Å². The standard InChI is InChI=1S/C21H21N3O4S.2ClH/c25-29(26,21-3-1-2-17-15-23-8-6-19(17)21)24-10-9-22-11-13-27-18-4-5-20-16(14-18)7-12-28-20;;/h1-8,12,14-15,22,24H,9-11,13H2;2*1H. The molecule has 0 fully saturated rings.